The smallest absolute Gasteiger partial charge is 0.408 e. The van der Waals surface area contributed by atoms with Gasteiger partial charge in [-0.1, -0.05) is 5.21 Å². The molecule has 1 aromatic rings. The highest BCUT2D eigenvalue weighted by atomic mass is 16.6. The number of ketones is 1. The number of carbonyl (C=O) groups is 2. The predicted molar refractivity (Wildman–Crippen MR) is 64.2 cm³/mol. The van der Waals surface area contributed by atoms with Gasteiger partial charge in [-0.3, -0.25) is 9.48 Å². The number of Topliss-reactive ketones (excluding diaryl/α,β-unsaturated/α-hetero) is 1. The monoisotopic (exact) mass is 254 g/mol. The van der Waals surface area contributed by atoms with E-state index in [2.05, 4.69) is 15.6 Å². The van der Waals surface area contributed by atoms with Crippen molar-refractivity contribution in [1.82, 2.24) is 20.3 Å². The van der Waals surface area contributed by atoms with E-state index in [0.717, 1.165) is 0 Å². The molecule has 0 aliphatic carbocycles. The molecule has 1 heterocycles. The van der Waals surface area contributed by atoms with Gasteiger partial charge < -0.3 is 10.1 Å². The lowest BCUT2D eigenvalue weighted by molar-refractivity contribution is 0.0496. The Balaban J connectivity index is 2.58. The number of alkyl carbamates (subject to hydrolysis) is 1. The van der Waals surface area contributed by atoms with Crippen molar-refractivity contribution in [3.8, 4) is 0 Å². The van der Waals surface area contributed by atoms with Gasteiger partial charge in [-0.25, -0.2) is 4.79 Å². The summed E-state index contributed by atoms with van der Waals surface area (Å²) in [6, 6.07) is -0.712. The summed E-state index contributed by atoms with van der Waals surface area (Å²) in [6.45, 7) is 6.83. The largest absolute Gasteiger partial charge is 0.444 e. The summed E-state index contributed by atoms with van der Waals surface area (Å²) in [5.74, 6) is -0.311. The fraction of sp³-hybridized carbons (Fsp3) is 0.636. The third kappa shape index (κ3) is 4.15. The summed E-state index contributed by atoms with van der Waals surface area (Å²) in [5.41, 5.74) is -0.389. The lowest BCUT2D eigenvalue weighted by Crippen LogP contribution is -2.41. The number of aromatic nitrogens is 3. The van der Waals surface area contributed by atoms with Crippen LogP contribution in [0.2, 0.25) is 0 Å². The average molecular weight is 254 g/mol. The van der Waals surface area contributed by atoms with Crippen molar-refractivity contribution in [1.29, 1.82) is 0 Å². The molecule has 0 fully saturated rings. The van der Waals surface area contributed by atoms with Crippen molar-refractivity contribution in [3.05, 3.63) is 11.9 Å². The van der Waals surface area contributed by atoms with Crippen molar-refractivity contribution in [2.24, 2.45) is 7.05 Å². The van der Waals surface area contributed by atoms with Crippen molar-refractivity contribution in [2.75, 3.05) is 0 Å². The Labute approximate surface area is 105 Å². The van der Waals surface area contributed by atoms with Gasteiger partial charge in [0.05, 0.1) is 12.2 Å². The van der Waals surface area contributed by atoms with Crippen LogP contribution < -0.4 is 5.32 Å². The van der Waals surface area contributed by atoms with Gasteiger partial charge >= 0.3 is 6.09 Å². The first-order valence-corrected chi connectivity index (χ1v) is 5.59. The summed E-state index contributed by atoms with van der Waals surface area (Å²) >= 11 is 0. The molecule has 0 saturated carbocycles. The maximum Gasteiger partial charge on any atom is 0.408 e. The maximum absolute atomic E-state index is 11.9. The quantitative estimate of drug-likeness (QED) is 0.810. The second-order valence-electron chi connectivity index (χ2n) is 5.01. The third-order valence-electron chi connectivity index (χ3n) is 1.98. The molecule has 18 heavy (non-hydrogen) atoms. The summed E-state index contributed by atoms with van der Waals surface area (Å²) < 4.78 is 6.48. The maximum atomic E-state index is 11.9. The van der Waals surface area contributed by atoms with Crippen LogP contribution in [0.25, 0.3) is 0 Å². The van der Waals surface area contributed by atoms with E-state index in [9.17, 15) is 9.59 Å². The predicted octanol–water partition coefficient (Wildman–Crippen LogP) is 0.911. The Kier molecular flexibility index (Phi) is 4.05. The highest BCUT2D eigenvalue weighted by Crippen LogP contribution is 2.07. The molecule has 0 aromatic carbocycles. The standard InChI is InChI=1S/C11H18N4O3/c1-7(12-10(17)18-11(2,3)4)9(16)8-6-15(5)14-13-8/h6-7H,1-5H3,(H,12,17)/t7-/m0/s1. The Morgan fingerprint density at radius 3 is 2.50 bits per heavy atom. The number of carbonyl (C=O) groups excluding carboxylic acids is 2. The van der Waals surface area contributed by atoms with Crippen LogP contribution in [0.5, 0.6) is 0 Å². The van der Waals surface area contributed by atoms with E-state index >= 15 is 0 Å². The van der Waals surface area contributed by atoms with E-state index in [4.69, 9.17) is 4.74 Å². The number of rotatable bonds is 3. The zero-order valence-electron chi connectivity index (χ0n) is 11.2. The molecule has 1 N–H and O–H groups in total. The van der Waals surface area contributed by atoms with E-state index in [1.807, 2.05) is 0 Å². The molecular formula is C11H18N4O3. The average Bonchev–Trinajstić information content (AvgIpc) is 2.60. The van der Waals surface area contributed by atoms with Gasteiger partial charge in [0.15, 0.2) is 5.69 Å². The number of ether oxygens (including phenoxy) is 1. The van der Waals surface area contributed by atoms with Gasteiger partial charge in [-0.15, -0.1) is 5.10 Å². The lowest BCUT2D eigenvalue weighted by atomic mass is 10.1. The highest BCUT2D eigenvalue weighted by molar-refractivity contribution is 5.99. The first-order chi connectivity index (χ1) is 8.19. The van der Waals surface area contributed by atoms with Gasteiger partial charge in [0.25, 0.3) is 0 Å². The van der Waals surface area contributed by atoms with Gasteiger partial charge in [0, 0.05) is 7.05 Å². The Morgan fingerprint density at radius 1 is 1.44 bits per heavy atom. The van der Waals surface area contributed by atoms with Gasteiger partial charge in [0.1, 0.15) is 5.60 Å². The topological polar surface area (TPSA) is 86.1 Å². The van der Waals surface area contributed by atoms with Crippen LogP contribution in [0.4, 0.5) is 4.79 Å². The minimum Gasteiger partial charge on any atom is -0.444 e. The van der Waals surface area contributed by atoms with Gasteiger partial charge in [0.2, 0.25) is 5.78 Å². The number of hydrogen-bond acceptors (Lipinski definition) is 5. The van der Waals surface area contributed by atoms with Gasteiger partial charge in [-0.2, -0.15) is 0 Å². The SMILES string of the molecule is C[C@H](NC(=O)OC(C)(C)C)C(=O)c1cn(C)nn1. The zero-order valence-corrected chi connectivity index (χ0v) is 11.2. The molecule has 7 nitrogen and oxygen atoms in total. The summed E-state index contributed by atoms with van der Waals surface area (Å²) in [6.07, 6.45) is 0.863. The van der Waals surface area contributed by atoms with E-state index in [-0.39, 0.29) is 11.5 Å². The minimum absolute atomic E-state index is 0.209. The van der Waals surface area contributed by atoms with E-state index in [0.29, 0.717) is 0 Å². The van der Waals surface area contributed by atoms with Gasteiger partial charge in [-0.05, 0) is 27.7 Å². The van der Waals surface area contributed by atoms with Crippen LogP contribution in [-0.4, -0.2) is 38.5 Å². The Bertz CT molecular complexity index is 447. The third-order valence-corrected chi connectivity index (χ3v) is 1.98. The molecule has 1 rings (SSSR count). The molecule has 100 valence electrons. The minimum atomic E-state index is -0.712. The number of aryl methyl sites for hydroxylation is 1. The highest BCUT2D eigenvalue weighted by Gasteiger charge is 2.23. The van der Waals surface area contributed by atoms with Crippen molar-refractivity contribution >= 4 is 11.9 Å². The van der Waals surface area contributed by atoms with Crippen molar-refractivity contribution in [3.63, 3.8) is 0 Å². The zero-order chi connectivity index (χ0) is 13.9. The van der Waals surface area contributed by atoms with Crippen LogP contribution >= 0.6 is 0 Å². The molecule has 1 amide bonds. The Morgan fingerprint density at radius 2 is 2.06 bits per heavy atom. The normalized spacial score (nSPS) is 12.9. The number of hydrogen-bond donors (Lipinski definition) is 1. The fourth-order valence-electron chi connectivity index (χ4n) is 1.23. The molecule has 0 aliphatic rings. The molecule has 0 unspecified atom stereocenters. The van der Waals surface area contributed by atoms with E-state index < -0.39 is 17.7 Å². The molecule has 1 atom stereocenters. The second kappa shape index (κ2) is 5.16. The molecule has 1 aromatic heterocycles. The Hall–Kier alpha value is -1.92. The summed E-state index contributed by atoms with van der Waals surface area (Å²) in [7, 11) is 1.66. The summed E-state index contributed by atoms with van der Waals surface area (Å²) in [5, 5.41) is 9.81. The van der Waals surface area contributed by atoms with Crippen LogP contribution in [0.15, 0.2) is 6.20 Å². The lowest BCUT2D eigenvalue weighted by Gasteiger charge is -2.21. The summed E-state index contributed by atoms with van der Waals surface area (Å²) in [4.78, 5) is 23.4. The van der Waals surface area contributed by atoms with E-state index in [1.54, 1.807) is 34.7 Å². The van der Waals surface area contributed by atoms with Crippen LogP contribution in [-0.2, 0) is 11.8 Å². The van der Waals surface area contributed by atoms with Crippen molar-refractivity contribution < 1.29 is 14.3 Å². The molecule has 0 aliphatic heterocycles. The first-order valence-electron chi connectivity index (χ1n) is 5.59. The van der Waals surface area contributed by atoms with Crippen molar-refractivity contribution in [2.45, 2.75) is 39.3 Å². The first kappa shape index (κ1) is 14.1. The number of amides is 1. The molecule has 0 saturated heterocycles. The molecule has 7 heteroatoms. The fourth-order valence-corrected chi connectivity index (χ4v) is 1.23. The van der Waals surface area contributed by atoms with Crippen LogP contribution in [0.3, 0.4) is 0 Å². The molecular weight excluding hydrogens is 236 g/mol. The molecule has 0 spiro atoms. The van der Waals surface area contributed by atoms with Crippen LogP contribution in [0, 0.1) is 0 Å². The van der Waals surface area contributed by atoms with E-state index in [1.165, 1.54) is 10.9 Å². The molecule has 0 bridgehead atoms. The number of nitrogens with zero attached hydrogens (tertiary/aromatic N) is 3. The number of nitrogens with one attached hydrogen (secondary N) is 1. The second-order valence-corrected chi connectivity index (χ2v) is 5.01. The van der Waals surface area contributed by atoms with Crippen LogP contribution in [0.1, 0.15) is 38.2 Å². The molecule has 0 radical (unpaired) electrons.